The molecule has 0 bridgehead atoms. The summed E-state index contributed by atoms with van der Waals surface area (Å²) in [5, 5.41) is 13.4. The van der Waals surface area contributed by atoms with E-state index < -0.39 is 11.5 Å². The number of hydrogen-bond acceptors (Lipinski definition) is 3. The van der Waals surface area contributed by atoms with E-state index in [2.05, 4.69) is 5.32 Å². The van der Waals surface area contributed by atoms with Crippen LogP contribution in [-0.4, -0.2) is 17.7 Å². The highest BCUT2D eigenvalue weighted by Crippen LogP contribution is 2.40. The summed E-state index contributed by atoms with van der Waals surface area (Å²) >= 11 is 6.15. The molecule has 2 aromatic carbocycles. The molecule has 2 N–H and O–H groups in total. The van der Waals surface area contributed by atoms with Gasteiger partial charge in [-0.05, 0) is 18.2 Å². The largest absolute Gasteiger partial charge is 0.493 e. The second kappa shape index (κ2) is 5.30. The molecule has 0 spiro atoms. The fourth-order valence-electron chi connectivity index (χ4n) is 2.59. The van der Waals surface area contributed by atoms with Crippen molar-refractivity contribution in [2.45, 2.75) is 12.0 Å². The number of aliphatic carboxylic acids is 1. The number of para-hydroxylation sites is 2. The van der Waals surface area contributed by atoms with Gasteiger partial charge in [-0.25, -0.2) is 4.79 Å². The Labute approximate surface area is 127 Å². The molecule has 4 nitrogen and oxygen atoms in total. The Kier molecular flexibility index (Phi) is 3.47. The van der Waals surface area contributed by atoms with Crippen molar-refractivity contribution >= 4 is 23.3 Å². The van der Waals surface area contributed by atoms with Crippen LogP contribution in [-0.2, 0) is 10.3 Å². The fraction of sp³-hybridized carbons (Fsp3) is 0.188. The Balaban J connectivity index is 2.11. The Morgan fingerprint density at radius 1 is 1.19 bits per heavy atom. The Hall–Kier alpha value is -2.20. The number of nitrogens with one attached hydrogen (secondary N) is 1. The van der Waals surface area contributed by atoms with E-state index in [0.29, 0.717) is 35.1 Å². The van der Waals surface area contributed by atoms with Crippen LogP contribution in [0, 0.1) is 0 Å². The molecule has 0 amide bonds. The Bertz CT molecular complexity index is 689. The lowest BCUT2D eigenvalue weighted by Gasteiger charge is -2.36. The molecule has 21 heavy (non-hydrogen) atoms. The SMILES string of the molecule is O=C(O)C1(Nc2ccccc2Cl)CCOc2ccccc21. The quantitative estimate of drug-likeness (QED) is 0.911. The van der Waals surface area contributed by atoms with Gasteiger partial charge in [-0.1, -0.05) is 41.9 Å². The number of fused-ring (bicyclic) bond motifs is 1. The van der Waals surface area contributed by atoms with Crippen molar-refractivity contribution in [1.82, 2.24) is 0 Å². The van der Waals surface area contributed by atoms with Gasteiger partial charge in [0.05, 0.1) is 17.3 Å². The highest BCUT2D eigenvalue weighted by atomic mass is 35.5. The summed E-state index contributed by atoms with van der Waals surface area (Å²) in [6, 6.07) is 14.3. The van der Waals surface area contributed by atoms with E-state index in [1.54, 1.807) is 36.4 Å². The normalized spacial score (nSPS) is 20.2. The zero-order chi connectivity index (χ0) is 14.9. The number of ether oxygens (including phenoxy) is 1. The first-order valence-electron chi connectivity index (χ1n) is 6.62. The molecule has 108 valence electrons. The van der Waals surface area contributed by atoms with Gasteiger partial charge < -0.3 is 15.2 Å². The number of carbonyl (C=O) groups is 1. The van der Waals surface area contributed by atoms with E-state index in [1.165, 1.54) is 0 Å². The standard InChI is InChI=1S/C16H14ClNO3/c17-12-6-2-3-7-13(12)18-16(15(19)20)9-10-21-14-8-4-1-5-11(14)16/h1-8,18H,9-10H2,(H,19,20). The molecule has 3 rings (SSSR count). The molecule has 5 heteroatoms. The minimum absolute atomic E-state index is 0.324. The van der Waals surface area contributed by atoms with Crippen LogP contribution in [0.5, 0.6) is 5.75 Å². The van der Waals surface area contributed by atoms with Gasteiger partial charge in [0, 0.05) is 12.0 Å². The van der Waals surface area contributed by atoms with Gasteiger partial charge in [-0.15, -0.1) is 0 Å². The fourth-order valence-corrected chi connectivity index (χ4v) is 2.77. The predicted molar refractivity (Wildman–Crippen MR) is 80.9 cm³/mol. The maximum absolute atomic E-state index is 12.0. The first-order valence-corrected chi connectivity index (χ1v) is 7.00. The molecule has 0 fully saturated rings. The summed E-state index contributed by atoms with van der Waals surface area (Å²) < 4.78 is 5.56. The van der Waals surface area contributed by atoms with E-state index in [1.807, 2.05) is 12.1 Å². The zero-order valence-electron chi connectivity index (χ0n) is 11.2. The lowest BCUT2D eigenvalue weighted by Crippen LogP contribution is -2.47. The van der Waals surface area contributed by atoms with Gasteiger partial charge in [0.15, 0.2) is 5.54 Å². The van der Waals surface area contributed by atoms with Crippen LogP contribution in [0.3, 0.4) is 0 Å². The summed E-state index contributed by atoms with van der Waals surface area (Å²) in [7, 11) is 0. The first kappa shape index (κ1) is 13.8. The molecule has 2 aromatic rings. The minimum atomic E-state index is -1.24. The van der Waals surface area contributed by atoms with E-state index in [-0.39, 0.29) is 0 Å². The molecule has 1 atom stereocenters. The maximum Gasteiger partial charge on any atom is 0.334 e. The van der Waals surface area contributed by atoms with Crippen molar-refractivity contribution in [2.75, 3.05) is 11.9 Å². The zero-order valence-corrected chi connectivity index (χ0v) is 11.9. The number of halogens is 1. The third kappa shape index (κ3) is 2.32. The minimum Gasteiger partial charge on any atom is -0.493 e. The smallest absolute Gasteiger partial charge is 0.334 e. The molecule has 1 unspecified atom stereocenters. The van der Waals surface area contributed by atoms with Crippen LogP contribution in [0.25, 0.3) is 0 Å². The molecule has 0 saturated heterocycles. The molecule has 0 aliphatic carbocycles. The molecule has 1 aliphatic rings. The number of hydrogen-bond donors (Lipinski definition) is 2. The number of benzene rings is 2. The second-order valence-electron chi connectivity index (χ2n) is 4.91. The summed E-state index contributed by atoms with van der Waals surface area (Å²) in [5.41, 5.74) is -0.0261. The van der Waals surface area contributed by atoms with Gasteiger partial charge >= 0.3 is 5.97 Å². The third-order valence-corrected chi connectivity index (χ3v) is 4.00. The third-order valence-electron chi connectivity index (χ3n) is 3.67. The van der Waals surface area contributed by atoms with Crippen molar-refractivity contribution in [3.05, 3.63) is 59.1 Å². The van der Waals surface area contributed by atoms with E-state index in [0.717, 1.165) is 0 Å². The van der Waals surface area contributed by atoms with Gasteiger partial charge in [0.2, 0.25) is 0 Å². The average Bonchev–Trinajstić information content (AvgIpc) is 2.49. The lowest BCUT2D eigenvalue weighted by atomic mass is 9.84. The van der Waals surface area contributed by atoms with Crippen LogP contribution < -0.4 is 10.1 Å². The molecule has 0 saturated carbocycles. The lowest BCUT2D eigenvalue weighted by molar-refractivity contribution is -0.143. The number of carboxylic acid groups (broad SMARTS) is 1. The van der Waals surface area contributed by atoms with Crippen molar-refractivity contribution < 1.29 is 14.6 Å². The van der Waals surface area contributed by atoms with Crippen LogP contribution in [0.1, 0.15) is 12.0 Å². The van der Waals surface area contributed by atoms with Crippen LogP contribution in [0.2, 0.25) is 5.02 Å². The average molecular weight is 304 g/mol. The Morgan fingerprint density at radius 2 is 1.90 bits per heavy atom. The highest BCUT2D eigenvalue weighted by molar-refractivity contribution is 6.33. The molecule has 0 aromatic heterocycles. The first-order chi connectivity index (χ1) is 10.1. The van der Waals surface area contributed by atoms with Crippen LogP contribution in [0.4, 0.5) is 5.69 Å². The molecule has 1 aliphatic heterocycles. The van der Waals surface area contributed by atoms with E-state index in [9.17, 15) is 9.90 Å². The monoisotopic (exact) mass is 303 g/mol. The van der Waals surface area contributed by atoms with Crippen molar-refractivity contribution in [3.8, 4) is 5.75 Å². The number of anilines is 1. The molecule has 0 radical (unpaired) electrons. The number of rotatable bonds is 3. The second-order valence-corrected chi connectivity index (χ2v) is 5.32. The van der Waals surface area contributed by atoms with E-state index in [4.69, 9.17) is 16.3 Å². The van der Waals surface area contributed by atoms with Gasteiger partial charge in [-0.2, -0.15) is 0 Å². The van der Waals surface area contributed by atoms with Crippen LogP contribution >= 0.6 is 11.6 Å². The molecular formula is C16H14ClNO3. The molecule has 1 heterocycles. The summed E-state index contributed by atoms with van der Waals surface area (Å²) in [6.07, 6.45) is 0.324. The van der Waals surface area contributed by atoms with E-state index >= 15 is 0 Å². The topological polar surface area (TPSA) is 58.6 Å². The summed E-state index contributed by atoms with van der Waals surface area (Å²) in [4.78, 5) is 12.0. The highest BCUT2D eigenvalue weighted by Gasteiger charge is 2.45. The predicted octanol–water partition coefficient (Wildman–Crippen LogP) is 3.51. The molecular weight excluding hydrogens is 290 g/mol. The number of carboxylic acids is 1. The summed E-state index contributed by atoms with van der Waals surface area (Å²) in [5.74, 6) is -0.358. The van der Waals surface area contributed by atoms with Gasteiger partial charge in [-0.3, -0.25) is 0 Å². The maximum atomic E-state index is 12.0. The van der Waals surface area contributed by atoms with Crippen molar-refractivity contribution in [2.24, 2.45) is 0 Å². The van der Waals surface area contributed by atoms with Gasteiger partial charge in [0.25, 0.3) is 0 Å². The van der Waals surface area contributed by atoms with Crippen molar-refractivity contribution in [3.63, 3.8) is 0 Å². The summed E-state index contributed by atoms with van der Waals surface area (Å²) in [6.45, 7) is 0.334. The van der Waals surface area contributed by atoms with Gasteiger partial charge in [0.1, 0.15) is 5.75 Å². The van der Waals surface area contributed by atoms with Crippen LogP contribution in [0.15, 0.2) is 48.5 Å². The van der Waals surface area contributed by atoms with Crippen molar-refractivity contribution in [1.29, 1.82) is 0 Å². The Morgan fingerprint density at radius 3 is 2.67 bits per heavy atom.